The highest BCUT2D eigenvalue weighted by Gasteiger charge is 2.40. The van der Waals surface area contributed by atoms with Crippen molar-refractivity contribution in [2.75, 3.05) is 6.54 Å². The van der Waals surface area contributed by atoms with Crippen LogP contribution < -0.4 is 0 Å². The molecule has 1 aliphatic rings. The molecule has 1 aromatic carbocycles. The van der Waals surface area contributed by atoms with Crippen LogP contribution in [0.5, 0.6) is 0 Å². The van der Waals surface area contributed by atoms with E-state index >= 15 is 0 Å². The number of rotatable bonds is 3. The van der Waals surface area contributed by atoms with Gasteiger partial charge in [-0.15, -0.1) is 0 Å². The monoisotopic (exact) mass is 431 g/mol. The number of H-pyrrole nitrogens is 1. The summed E-state index contributed by atoms with van der Waals surface area (Å²) >= 11 is 0. The van der Waals surface area contributed by atoms with Gasteiger partial charge >= 0.3 is 0 Å². The Kier molecular flexibility index (Phi) is 4.63. The van der Waals surface area contributed by atoms with Gasteiger partial charge in [-0.2, -0.15) is 0 Å². The molecule has 0 radical (unpaired) electrons. The zero-order valence-electron chi connectivity index (χ0n) is 18.5. The number of nitrogens with one attached hydrogen (secondary N) is 1. The number of pyridine rings is 1. The molecule has 164 valence electrons. The van der Waals surface area contributed by atoms with E-state index in [9.17, 15) is 9.90 Å². The van der Waals surface area contributed by atoms with E-state index in [2.05, 4.69) is 21.9 Å². The molecule has 5 rings (SSSR count). The lowest BCUT2D eigenvalue weighted by atomic mass is 9.92. The molecule has 1 aliphatic heterocycles. The van der Waals surface area contributed by atoms with Crippen molar-refractivity contribution in [2.45, 2.75) is 45.3 Å². The van der Waals surface area contributed by atoms with E-state index in [0.29, 0.717) is 12.2 Å². The first-order valence-electron chi connectivity index (χ1n) is 10.6. The Morgan fingerprint density at radius 1 is 1.25 bits per heavy atom. The van der Waals surface area contributed by atoms with E-state index in [4.69, 9.17) is 9.40 Å². The van der Waals surface area contributed by atoms with Crippen LogP contribution in [0.1, 0.15) is 72.0 Å². The second-order valence-electron chi connectivity index (χ2n) is 8.91. The molecular formula is C24H25N5O3. The van der Waals surface area contributed by atoms with Gasteiger partial charge < -0.3 is 19.4 Å². The summed E-state index contributed by atoms with van der Waals surface area (Å²) in [4.78, 5) is 32.3. The maximum atomic E-state index is 13.7. The van der Waals surface area contributed by atoms with Crippen LogP contribution in [0.25, 0.3) is 10.8 Å². The van der Waals surface area contributed by atoms with Gasteiger partial charge in [0.2, 0.25) is 11.7 Å². The van der Waals surface area contributed by atoms with E-state index in [1.54, 1.807) is 32.0 Å². The van der Waals surface area contributed by atoms with Gasteiger partial charge in [0, 0.05) is 29.7 Å². The molecule has 0 unspecified atom stereocenters. The van der Waals surface area contributed by atoms with E-state index in [0.717, 1.165) is 27.9 Å². The lowest BCUT2D eigenvalue weighted by Gasteiger charge is -2.37. The summed E-state index contributed by atoms with van der Waals surface area (Å²) in [5.74, 6) is -0.000517. The van der Waals surface area contributed by atoms with Crippen molar-refractivity contribution in [3.8, 4) is 0 Å². The molecule has 0 fully saturated rings. The molecule has 0 saturated carbocycles. The van der Waals surface area contributed by atoms with E-state index in [1.807, 2.05) is 36.5 Å². The first-order valence-corrected chi connectivity index (χ1v) is 10.6. The number of imidazole rings is 1. The number of benzene rings is 1. The highest BCUT2D eigenvalue weighted by Crippen LogP contribution is 2.39. The summed E-state index contributed by atoms with van der Waals surface area (Å²) in [5.41, 5.74) is 1.67. The summed E-state index contributed by atoms with van der Waals surface area (Å²) in [6.45, 7) is 7.38. The summed E-state index contributed by atoms with van der Waals surface area (Å²) < 4.78 is 5.75. The summed E-state index contributed by atoms with van der Waals surface area (Å²) in [6, 6.07) is 9.52. The lowest BCUT2D eigenvalue weighted by Crippen LogP contribution is -2.42. The number of fused-ring (bicyclic) bond motifs is 2. The first kappa shape index (κ1) is 20.4. The second-order valence-corrected chi connectivity index (χ2v) is 8.91. The minimum Gasteiger partial charge on any atom is -0.432 e. The van der Waals surface area contributed by atoms with Gasteiger partial charge in [0.25, 0.3) is 5.91 Å². The third kappa shape index (κ3) is 3.27. The van der Waals surface area contributed by atoms with Crippen LogP contribution in [0.15, 0.2) is 47.3 Å². The number of nitrogens with zero attached hydrogens (tertiary/aromatic N) is 4. The van der Waals surface area contributed by atoms with Gasteiger partial charge in [-0.05, 0) is 32.2 Å². The summed E-state index contributed by atoms with van der Waals surface area (Å²) in [6.07, 6.45) is 3.49. The minimum atomic E-state index is -1.28. The van der Waals surface area contributed by atoms with Gasteiger partial charge in [0.15, 0.2) is 0 Å². The molecule has 32 heavy (non-hydrogen) atoms. The van der Waals surface area contributed by atoms with Gasteiger partial charge in [0.05, 0.1) is 23.4 Å². The van der Waals surface area contributed by atoms with E-state index < -0.39 is 11.6 Å². The molecule has 0 saturated heterocycles. The van der Waals surface area contributed by atoms with Crippen molar-refractivity contribution in [3.63, 3.8) is 0 Å². The van der Waals surface area contributed by atoms with E-state index in [1.165, 1.54) is 0 Å². The molecule has 4 aromatic rings. The van der Waals surface area contributed by atoms with Gasteiger partial charge in [-0.1, -0.05) is 31.2 Å². The molecule has 4 heterocycles. The minimum absolute atomic E-state index is 0.0603. The number of aryl methyl sites for hydroxylation is 1. The predicted molar refractivity (Wildman–Crippen MR) is 118 cm³/mol. The van der Waals surface area contributed by atoms with Gasteiger partial charge in [-0.25, -0.2) is 9.97 Å². The zero-order valence-corrected chi connectivity index (χ0v) is 18.5. The van der Waals surface area contributed by atoms with Crippen LogP contribution in [-0.4, -0.2) is 42.4 Å². The molecule has 2 N–H and O–H groups in total. The Morgan fingerprint density at radius 2 is 2.00 bits per heavy atom. The summed E-state index contributed by atoms with van der Waals surface area (Å²) in [5, 5.41) is 12.4. The van der Waals surface area contributed by atoms with Crippen LogP contribution in [0.4, 0.5) is 0 Å². The van der Waals surface area contributed by atoms with Crippen LogP contribution in [0, 0.1) is 6.92 Å². The fourth-order valence-corrected chi connectivity index (χ4v) is 4.30. The molecule has 0 bridgehead atoms. The number of hydrogen-bond donors (Lipinski definition) is 2. The average Bonchev–Trinajstić information content (AvgIpc) is 3.40. The molecular weight excluding hydrogens is 406 g/mol. The number of amides is 1. The molecule has 0 spiro atoms. The molecule has 2 atom stereocenters. The number of oxazole rings is 1. The highest BCUT2D eigenvalue weighted by molar-refractivity contribution is 5.93. The molecule has 0 aliphatic carbocycles. The molecule has 3 aromatic heterocycles. The lowest BCUT2D eigenvalue weighted by molar-refractivity contribution is 0.0437. The van der Waals surface area contributed by atoms with Gasteiger partial charge in [-0.3, -0.25) is 9.78 Å². The number of carbonyl (C=O) groups excluding carboxylic acids is 1. The maximum absolute atomic E-state index is 13.7. The molecule has 8 heteroatoms. The normalized spacial score (nSPS) is 18.7. The Morgan fingerprint density at radius 3 is 2.72 bits per heavy atom. The van der Waals surface area contributed by atoms with Crippen molar-refractivity contribution < 1.29 is 14.3 Å². The van der Waals surface area contributed by atoms with Crippen LogP contribution in [0.2, 0.25) is 0 Å². The SMILES string of the molecule is Cc1nc(C(C)(C)O)oc1C(=O)N1C[C@@H](C)c2[nH]cnc2[C@H]1c1cc2ccccc2cn1. The quantitative estimate of drug-likeness (QED) is 0.510. The van der Waals surface area contributed by atoms with Crippen molar-refractivity contribution in [2.24, 2.45) is 0 Å². The van der Waals surface area contributed by atoms with Crippen molar-refractivity contribution >= 4 is 16.7 Å². The van der Waals surface area contributed by atoms with Crippen molar-refractivity contribution in [3.05, 3.63) is 77.3 Å². The number of hydrogen-bond acceptors (Lipinski definition) is 6. The number of aromatic nitrogens is 4. The fraction of sp³-hybridized carbons (Fsp3) is 0.333. The topological polar surface area (TPSA) is 108 Å². The van der Waals surface area contributed by atoms with Crippen LogP contribution in [0.3, 0.4) is 0 Å². The van der Waals surface area contributed by atoms with Crippen molar-refractivity contribution in [1.82, 2.24) is 24.8 Å². The van der Waals surface area contributed by atoms with Gasteiger partial charge in [0.1, 0.15) is 11.6 Å². The Hall–Kier alpha value is -3.52. The largest absolute Gasteiger partial charge is 0.432 e. The third-order valence-corrected chi connectivity index (χ3v) is 5.94. The van der Waals surface area contributed by atoms with Crippen molar-refractivity contribution in [1.29, 1.82) is 0 Å². The van der Waals surface area contributed by atoms with Crippen LogP contribution >= 0.6 is 0 Å². The summed E-state index contributed by atoms with van der Waals surface area (Å²) in [7, 11) is 0. The highest BCUT2D eigenvalue weighted by atomic mass is 16.4. The Labute approximate surface area is 185 Å². The number of carbonyl (C=O) groups is 1. The van der Waals surface area contributed by atoms with E-state index in [-0.39, 0.29) is 23.5 Å². The Balaban J connectivity index is 1.63. The Bertz CT molecular complexity index is 1320. The smallest absolute Gasteiger partial charge is 0.292 e. The fourth-order valence-electron chi connectivity index (χ4n) is 4.30. The number of aliphatic hydroxyl groups is 1. The molecule has 8 nitrogen and oxygen atoms in total. The predicted octanol–water partition coefficient (Wildman–Crippen LogP) is 3.83. The zero-order chi connectivity index (χ0) is 22.6. The second kappa shape index (κ2) is 7.27. The number of aromatic amines is 1. The molecule has 1 amide bonds. The standard InChI is InChI=1S/C24H25N5O3/c1-13-11-29(22(30)21-14(2)28-23(32-21)24(3,4)31)20(19-18(13)26-12-27-19)17-9-15-7-5-6-8-16(15)10-25-17/h5-10,12-13,20,31H,11H2,1-4H3,(H,26,27)/t13-,20-/m1/s1. The van der Waals surface area contributed by atoms with Crippen LogP contribution in [-0.2, 0) is 5.60 Å². The average molecular weight is 431 g/mol. The third-order valence-electron chi connectivity index (χ3n) is 5.94. The maximum Gasteiger partial charge on any atom is 0.292 e. The first-order chi connectivity index (χ1) is 15.2.